The first-order valence-electron chi connectivity index (χ1n) is 11.1. The summed E-state index contributed by atoms with van der Waals surface area (Å²) in [5.41, 5.74) is -2.45. The van der Waals surface area contributed by atoms with Crippen molar-refractivity contribution in [2.75, 3.05) is 26.2 Å². The van der Waals surface area contributed by atoms with Crippen LogP contribution in [0, 0.1) is 0 Å². The second-order valence-corrected chi connectivity index (χ2v) is 8.62. The predicted molar refractivity (Wildman–Crippen MR) is 125 cm³/mol. The number of alkyl halides is 3. The van der Waals surface area contributed by atoms with Crippen LogP contribution in [-0.2, 0) is 5.41 Å². The molecule has 0 bridgehead atoms. The molecule has 2 aliphatic rings. The summed E-state index contributed by atoms with van der Waals surface area (Å²) in [6, 6.07) is 14.7. The maximum absolute atomic E-state index is 15.0. The molecule has 188 valence electrons. The fourth-order valence-corrected chi connectivity index (χ4v) is 5.56. The summed E-state index contributed by atoms with van der Waals surface area (Å²) in [5, 5.41) is 0. The van der Waals surface area contributed by atoms with Crippen LogP contribution in [0.15, 0.2) is 72.8 Å². The van der Waals surface area contributed by atoms with E-state index in [-0.39, 0.29) is 28.1 Å². The van der Waals surface area contributed by atoms with E-state index in [4.69, 9.17) is 14.2 Å². The third kappa shape index (κ3) is 3.25. The van der Waals surface area contributed by atoms with Gasteiger partial charge in [0.1, 0.15) is 28.4 Å². The van der Waals surface area contributed by atoms with Crippen LogP contribution in [0.4, 0.5) is 27.6 Å². The smallest absolute Gasteiger partial charge is 0.401 e. The van der Waals surface area contributed by atoms with Gasteiger partial charge in [-0.3, -0.25) is 0 Å². The van der Waals surface area contributed by atoms with Crippen molar-refractivity contribution < 1.29 is 36.2 Å². The molecule has 3 aromatic rings. The largest absolute Gasteiger partial charge is 0.497 e. The number of rotatable bonds is 6. The van der Waals surface area contributed by atoms with E-state index in [1.807, 2.05) is 0 Å². The second kappa shape index (κ2) is 8.43. The summed E-state index contributed by atoms with van der Waals surface area (Å²) >= 11 is 0. The zero-order chi connectivity index (χ0) is 25.8. The number of ether oxygens (including phenoxy) is 3. The SMILES string of the molecule is COc1ccc(C(=C(F)F)N2c3cccc(OC)c3[C@H]3[C@@H]2[C@]3(c2ccc(OC)cc2)C(F)(F)F)cc1. The molecule has 0 radical (unpaired) electrons. The number of hydrogen-bond donors (Lipinski definition) is 0. The Morgan fingerprint density at radius 3 is 1.89 bits per heavy atom. The highest BCUT2D eigenvalue weighted by molar-refractivity contribution is 5.90. The Morgan fingerprint density at radius 1 is 0.806 bits per heavy atom. The number of benzene rings is 3. The Balaban J connectivity index is 1.76. The fraction of sp³-hybridized carbons (Fsp3) is 0.259. The highest BCUT2D eigenvalue weighted by Gasteiger charge is 2.84. The van der Waals surface area contributed by atoms with E-state index in [1.54, 1.807) is 18.2 Å². The molecule has 36 heavy (non-hydrogen) atoms. The molecular weight excluding hydrogens is 481 g/mol. The van der Waals surface area contributed by atoms with Gasteiger partial charge in [-0.15, -0.1) is 0 Å². The van der Waals surface area contributed by atoms with Crippen molar-refractivity contribution in [2.45, 2.75) is 23.6 Å². The van der Waals surface area contributed by atoms with Gasteiger partial charge in [-0.25, -0.2) is 0 Å². The van der Waals surface area contributed by atoms with Crippen molar-refractivity contribution in [2.24, 2.45) is 0 Å². The highest BCUT2D eigenvalue weighted by atomic mass is 19.4. The van der Waals surface area contributed by atoms with Gasteiger partial charge in [-0.1, -0.05) is 18.2 Å². The Labute approximate surface area is 204 Å². The summed E-state index contributed by atoms with van der Waals surface area (Å²) in [4.78, 5) is 1.12. The second-order valence-electron chi connectivity index (χ2n) is 8.62. The van der Waals surface area contributed by atoms with Gasteiger partial charge in [0.15, 0.2) is 0 Å². The summed E-state index contributed by atoms with van der Waals surface area (Å²) in [6.45, 7) is 0. The normalized spacial score (nSPS) is 21.9. The van der Waals surface area contributed by atoms with E-state index in [1.165, 1.54) is 69.9 Å². The van der Waals surface area contributed by atoms with E-state index >= 15 is 13.2 Å². The van der Waals surface area contributed by atoms with Crippen LogP contribution in [0.25, 0.3) is 5.70 Å². The summed E-state index contributed by atoms with van der Waals surface area (Å²) < 4.78 is 90.0. The van der Waals surface area contributed by atoms with Crippen LogP contribution in [0.2, 0.25) is 0 Å². The monoisotopic (exact) mass is 503 g/mol. The molecule has 0 amide bonds. The van der Waals surface area contributed by atoms with Crippen molar-refractivity contribution >= 4 is 11.4 Å². The van der Waals surface area contributed by atoms with Crippen LogP contribution in [0.5, 0.6) is 17.2 Å². The lowest BCUT2D eigenvalue weighted by atomic mass is 9.87. The van der Waals surface area contributed by atoms with Gasteiger partial charge in [0.2, 0.25) is 0 Å². The molecule has 1 aliphatic carbocycles. The number of fused-ring (bicyclic) bond motifs is 3. The molecule has 1 saturated carbocycles. The van der Waals surface area contributed by atoms with Gasteiger partial charge in [0.05, 0.1) is 27.4 Å². The molecule has 0 N–H and O–H groups in total. The minimum Gasteiger partial charge on any atom is -0.497 e. The molecule has 0 saturated heterocycles. The number of nitrogens with zero attached hydrogens (tertiary/aromatic N) is 1. The highest BCUT2D eigenvalue weighted by Crippen LogP contribution is 2.76. The number of halogens is 5. The zero-order valence-corrected chi connectivity index (χ0v) is 19.6. The number of anilines is 1. The predicted octanol–water partition coefficient (Wildman–Crippen LogP) is 6.76. The standard InChI is InChI=1S/C27H22F5NO3/c1-34-17-11-7-15(8-12-17)23(25(28)29)33-19-5-4-6-20(36-3)21(19)22-24(33)26(22,27(30,31)32)16-9-13-18(35-2)14-10-16/h4-14,22,24H,1-3H3/t22-,24+,26+/m0/s1. The van der Waals surface area contributed by atoms with E-state index in [0.29, 0.717) is 11.5 Å². The maximum Gasteiger partial charge on any atom is 0.401 e. The molecule has 9 heteroatoms. The first-order valence-corrected chi connectivity index (χ1v) is 11.1. The van der Waals surface area contributed by atoms with Crippen LogP contribution >= 0.6 is 0 Å². The van der Waals surface area contributed by atoms with E-state index in [2.05, 4.69) is 0 Å². The van der Waals surface area contributed by atoms with Gasteiger partial charge < -0.3 is 19.1 Å². The van der Waals surface area contributed by atoms with Crippen LogP contribution in [0.3, 0.4) is 0 Å². The van der Waals surface area contributed by atoms with E-state index in [9.17, 15) is 8.78 Å². The minimum absolute atomic E-state index is 0.0271. The molecule has 3 aromatic carbocycles. The van der Waals surface area contributed by atoms with Crippen LogP contribution in [-0.4, -0.2) is 33.5 Å². The van der Waals surface area contributed by atoms with Crippen molar-refractivity contribution in [1.29, 1.82) is 0 Å². The number of hydrogen-bond acceptors (Lipinski definition) is 4. The Kier molecular flexibility index (Phi) is 5.61. The van der Waals surface area contributed by atoms with Crippen LogP contribution in [0.1, 0.15) is 22.6 Å². The van der Waals surface area contributed by atoms with Gasteiger partial charge in [0, 0.05) is 22.7 Å². The summed E-state index contributed by atoms with van der Waals surface area (Å²) in [6.07, 6.45) is -6.83. The Hall–Kier alpha value is -3.75. The molecule has 0 aromatic heterocycles. The molecule has 0 unspecified atom stereocenters. The van der Waals surface area contributed by atoms with Crippen molar-refractivity contribution in [1.82, 2.24) is 0 Å². The zero-order valence-electron chi connectivity index (χ0n) is 19.6. The molecule has 3 atom stereocenters. The average molecular weight is 503 g/mol. The van der Waals surface area contributed by atoms with Gasteiger partial charge in [-0.05, 0) is 54.1 Å². The van der Waals surface area contributed by atoms with Crippen molar-refractivity contribution in [3.63, 3.8) is 0 Å². The van der Waals surface area contributed by atoms with Crippen LogP contribution < -0.4 is 19.1 Å². The Bertz CT molecular complexity index is 1320. The topological polar surface area (TPSA) is 30.9 Å². The first kappa shape index (κ1) is 24.0. The molecular formula is C27H22F5NO3. The molecule has 0 spiro atoms. The Morgan fingerprint density at radius 2 is 1.39 bits per heavy atom. The lowest BCUT2D eigenvalue weighted by molar-refractivity contribution is -0.163. The third-order valence-electron chi connectivity index (χ3n) is 7.10. The van der Waals surface area contributed by atoms with Gasteiger partial charge in [0.25, 0.3) is 6.08 Å². The van der Waals surface area contributed by atoms with Crippen molar-refractivity contribution in [3.8, 4) is 17.2 Å². The van der Waals surface area contributed by atoms with Gasteiger partial charge >= 0.3 is 6.18 Å². The first-order chi connectivity index (χ1) is 17.2. The summed E-state index contributed by atoms with van der Waals surface area (Å²) in [5.74, 6) is -0.0963. The lowest BCUT2D eigenvalue weighted by Gasteiger charge is -2.33. The third-order valence-corrected chi connectivity index (χ3v) is 7.10. The van der Waals surface area contributed by atoms with E-state index in [0.717, 1.165) is 4.90 Å². The van der Waals surface area contributed by atoms with Gasteiger partial charge in [-0.2, -0.15) is 22.0 Å². The quantitative estimate of drug-likeness (QED) is 0.348. The fourth-order valence-electron chi connectivity index (χ4n) is 5.56. The maximum atomic E-state index is 15.0. The molecule has 5 rings (SSSR count). The van der Waals surface area contributed by atoms with E-state index < -0.39 is 35.3 Å². The molecule has 1 heterocycles. The number of methoxy groups -OCH3 is 3. The average Bonchev–Trinajstić information content (AvgIpc) is 3.46. The summed E-state index contributed by atoms with van der Waals surface area (Å²) in [7, 11) is 4.21. The molecule has 4 nitrogen and oxygen atoms in total. The molecule has 1 aliphatic heterocycles. The molecule has 1 fully saturated rings. The minimum atomic E-state index is -4.74. The van der Waals surface area contributed by atoms with Crippen molar-refractivity contribution in [3.05, 3.63) is 89.5 Å². The lowest BCUT2D eigenvalue weighted by Crippen LogP contribution is -2.40.